The zero-order valence-electron chi connectivity index (χ0n) is 27.0. The lowest BCUT2D eigenvalue weighted by atomic mass is 10.0. The molecule has 4 nitrogen and oxygen atoms in total. The molecule has 1 atom stereocenters. The molecule has 4 heteroatoms. The van der Waals surface area contributed by atoms with Crippen LogP contribution in [0.25, 0.3) is 11.1 Å². The van der Waals surface area contributed by atoms with Gasteiger partial charge in [0.05, 0.1) is 18.3 Å². The Kier molecular flexibility index (Phi) is 16.6. The Balaban J connectivity index is 1.42. The van der Waals surface area contributed by atoms with Crippen molar-refractivity contribution in [1.29, 1.82) is 0 Å². The number of ether oxygens (including phenoxy) is 3. The van der Waals surface area contributed by atoms with Crippen LogP contribution in [-0.2, 0) is 4.74 Å². The van der Waals surface area contributed by atoms with Crippen molar-refractivity contribution in [2.24, 2.45) is 0 Å². The minimum atomic E-state index is -0.387. The van der Waals surface area contributed by atoms with Crippen molar-refractivity contribution >= 4 is 5.97 Å². The molecule has 43 heavy (non-hydrogen) atoms. The molecule has 0 aliphatic carbocycles. The van der Waals surface area contributed by atoms with E-state index in [9.17, 15) is 4.79 Å². The standard InChI is InChI=1S/C39H54O4/c1-4-6-8-10-11-12-13-14-15-19-31-42-37-20-16-17-21-38(37)43-39(40)36-28-26-35(27-29-36)34-24-22-33(23-25-34)32(3)41-30-18-9-7-5-2/h16-17,20-29,32H,4-15,18-19,30-31H2,1-3H3. The summed E-state index contributed by atoms with van der Waals surface area (Å²) in [6.07, 6.45) is 17.8. The van der Waals surface area contributed by atoms with Crippen molar-refractivity contribution in [3.63, 3.8) is 0 Å². The minimum Gasteiger partial charge on any atom is -0.490 e. The molecular weight excluding hydrogens is 532 g/mol. The summed E-state index contributed by atoms with van der Waals surface area (Å²) in [5.74, 6) is 0.686. The number of esters is 1. The zero-order valence-corrected chi connectivity index (χ0v) is 27.0. The SMILES string of the molecule is CCCCCCCCCCCCOc1ccccc1OC(=O)c1ccc(-c2ccc(C(C)OCCCCCC)cc2)cc1. The third-order valence-electron chi connectivity index (χ3n) is 8.01. The maximum atomic E-state index is 12.9. The van der Waals surface area contributed by atoms with Gasteiger partial charge < -0.3 is 14.2 Å². The molecule has 0 saturated heterocycles. The topological polar surface area (TPSA) is 44.8 Å². The molecule has 0 radical (unpaired) electrons. The molecule has 0 N–H and O–H groups in total. The summed E-state index contributed by atoms with van der Waals surface area (Å²) in [7, 11) is 0. The first-order valence-corrected chi connectivity index (χ1v) is 16.9. The number of para-hydroxylation sites is 2. The van der Waals surface area contributed by atoms with Gasteiger partial charge >= 0.3 is 5.97 Å². The molecule has 3 aromatic carbocycles. The van der Waals surface area contributed by atoms with Gasteiger partial charge in [0.1, 0.15) is 0 Å². The Hall–Kier alpha value is -3.11. The van der Waals surface area contributed by atoms with E-state index < -0.39 is 0 Å². The average molecular weight is 587 g/mol. The molecule has 0 aliphatic heterocycles. The maximum Gasteiger partial charge on any atom is 0.343 e. The van der Waals surface area contributed by atoms with E-state index in [0.717, 1.165) is 37.0 Å². The molecule has 0 aromatic heterocycles. The number of hydrogen-bond donors (Lipinski definition) is 0. The first-order chi connectivity index (χ1) is 21.1. The smallest absolute Gasteiger partial charge is 0.343 e. The Morgan fingerprint density at radius 2 is 1.07 bits per heavy atom. The molecule has 0 amide bonds. The fourth-order valence-corrected chi connectivity index (χ4v) is 5.21. The summed E-state index contributed by atoms with van der Waals surface area (Å²) >= 11 is 0. The highest BCUT2D eigenvalue weighted by Crippen LogP contribution is 2.29. The molecule has 1 unspecified atom stereocenters. The normalized spacial score (nSPS) is 11.8. The summed E-state index contributed by atoms with van der Waals surface area (Å²) in [4.78, 5) is 12.9. The van der Waals surface area contributed by atoms with E-state index in [0.29, 0.717) is 23.7 Å². The van der Waals surface area contributed by atoms with Crippen LogP contribution in [-0.4, -0.2) is 19.2 Å². The van der Waals surface area contributed by atoms with Crippen molar-refractivity contribution in [1.82, 2.24) is 0 Å². The van der Waals surface area contributed by atoms with E-state index >= 15 is 0 Å². The predicted molar refractivity (Wildman–Crippen MR) is 179 cm³/mol. The molecule has 3 rings (SSSR count). The van der Waals surface area contributed by atoms with Crippen LogP contribution in [0.4, 0.5) is 0 Å². The number of rotatable bonds is 22. The maximum absolute atomic E-state index is 12.9. The highest BCUT2D eigenvalue weighted by atomic mass is 16.6. The Morgan fingerprint density at radius 1 is 0.581 bits per heavy atom. The summed E-state index contributed by atoms with van der Waals surface area (Å²) in [6, 6.07) is 23.5. The van der Waals surface area contributed by atoms with E-state index in [1.54, 1.807) is 6.07 Å². The summed E-state index contributed by atoms with van der Waals surface area (Å²) < 4.78 is 17.8. The van der Waals surface area contributed by atoms with E-state index in [4.69, 9.17) is 14.2 Å². The molecule has 0 spiro atoms. The zero-order chi connectivity index (χ0) is 30.5. The van der Waals surface area contributed by atoms with Crippen molar-refractivity contribution in [2.75, 3.05) is 13.2 Å². The van der Waals surface area contributed by atoms with Gasteiger partial charge in [-0.05, 0) is 60.7 Å². The Bertz CT molecular complexity index is 1150. The lowest BCUT2D eigenvalue weighted by molar-refractivity contribution is 0.0628. The number of unbranched alkanes of at least 4 members (excludes halogenated alkanes) is 12. The van der Waals surface area contributed by atoms with Gasteiger partial charge in [0.25, 0.3) is 0 Å². The van der Waals surface area contributed by atoms with Gasteiger partial charge in [0.2, 0.25) is 0 Å². The molecule has 0 aliphatic rings. The lowest BCUT2D eigenvalue weighted by Crippen LogP contribution is -2.10. The number of hydrogen-bond acceptors (Lipinski definition) is 4. The van der Waals surface area contributed by atoms with Crippen LogP contribution >= 0.6 is 0 Å². The van der Waals surface area contributed by atoms with Gasteiger partial charge in [-0.15, -0.1) is 0 Å². The van der Waals surface area contributed by atoms with Crippen molar-refractivity contribution in [3.05, 3.63) is 83.9 Å². The molecule has 0 bridgehead atoms. The van der Waals surface area contributed by atoms with Gasteiger partial charge in [-0.3, -0.25) is 0 Å². The number of carbonyl (C=O) groups excluding carboxylic acids is 1. The van der Waals surface area contributed by atoms with Gasteiger partial charge in [0, 0.05) is 6.61 Å². The molecule has 234 valence electrons. The second-order valence-electron chi connectivity index (χ2n) is 11.6. The number of carbonyl (C=O) groups is 1. The Morgan fingerprint density at radius 3 is 1.67 bits per heavy atom. The van der Waals surface area contributed by atoms with Crippen LogP contribution in [0.15, 0.2) is 72.8 Å². The van der Waals surface area contributed by atoms with E-state index in [-0.39, 0.29) is 12.1 Å². The van der Waals surface area contributed by atoms with Crippen LogP contribution in [0.3, 0.4) is 0 Å². The third-order valence-corrected chi connectivity index (χ3v) is 8.01. The summed E-state index contributed by atoms with van der Waals surface area (Å²) in [5, 5.41) is 0. The van der Waals surface area contributed by atoms with Crippen molar-refractivity contribution in [3.8, 4) is 22.6 Å². The van der Waals surface area contributed by atoms with Crippen LogP contribution in [0.5, 0.6) is 11.5 Å². The summed E-state index contributed by atoms with van der Waals surface area (Å²) in [5.41, 5.74) is 3.84. The van der Waals surface area contributed by atoms with E-state index in [2.05, 4.69) is 45.0 Å². The van der Waals surface area contributed by atoms with Crippen LogP contribution in [0.1, 0.15) is 133 Å². The molecule has 0 fully saturated rings. The highest BCUT2D eigenvalue weighted by molar-refractivity contribution is 5.92. The fourth-order valence-electron chi connectivity index (χ4n) is 5.21. The predicted octanol–water partition coefficient (Wildman–Crippen LogP) is 11.5. The molecular formula is C39H54O4. The van der Waals surface area contributed by atoms with Crippen LogP contribution < -0.4 is 9.47 Å². The van der Waals surface area contributed by atoms with Gasteiger partial charge in [-0.2, -0.15) is 0 Å². The van der Waals surface area contributed by atoms with Crippen LogP contribution in [0, 0.1) is 0 Å². The minimum absolute atomic E-state index is 0.0783. The second-order valence-corrected chi connectivity index (χ2v) is 11.6. The molecule has 3 aromatic rings. The largest absolute Gasteiger partial charge is 0.490 e. The van der Waals surface area contributed by atoms with Gasteiger partial charge in [-0.1, -0.05) is 139 Å². The fraction of sp³-hybridized carbons (Fsp3) is 0.513. The quantitative estimate of drug-likeness (QED) is 0.0667. The third kappa shape index (κ3) is 13.0. The lowest BCUT2D eigenvalue weighted by Gasteiger charge is -2.14. The van der Waals surface area contributed by atoms with E-state index in [1.807, 2.05) is 42.5 Å². The van der Waals surface area contributed by atoms with Crippen LogP contribution in [0.2, 0.25) is 0 Å². The molecule has 0 saturated carbocycles. The highest BCUT2D eigenvalue weighted by Gasteiger charge is 2.13. The monoisotopic (exact) mass is 586 g/mol. The second kappa shape index (κ2) is 20.7. The van der Waals surface area contributed by atoms with E-state index in [1.165, 1.54) is 76.2 Å². The van der Waals surface area contributed by atoms with Gasteiger partial charge in [-0.25, -0.2) is 4.79 Å². The Labute approximate surface area is 261 Å². The summed E-state index contributed by atoms with van der Waals surface area (Å²) in [6.45, 7) is 8.02. The average Bonchev–Trinajstić information content (AvgIpc) is 3.04. The first kappa shape index (κ1) is 34.4. The number of benzene rings is 3. The van der Waals surface area contributed by atoms with Crippen molar-refractivity contribution < 1.29 is 19.0 Å². The first-order valence-electron chi connectivity index (χ1n) is 16.9. The van der Waals surface area contributed by atoms with Crippen molar-refractivity contribution in [2.45, 2.75) is 117 Å². The van der Waals surface area contributed by atoms with Gasteiger partial charge in [0.15, 0.2) is 11.5 Å². The molecule has 0 heterocycles.